The Kier molecular flexibility index (Phi) is 6.40. The van der Waals surface area contributed by atoms with E-state index in [1.807, 2.05) is 38.1 Å². The fourth-order valence-corrected chi connectivity index (χ4v) is 3.50. The van der Waals surface area contributed by atoms with Gasteiger partial charge < -0.3 is 14.8 Å². The third-order valence-electron chi connectivity index (χ3n) is 5.03. The molecule has 1 heterocycles. The molecule has 7 heteroatoms. The smallest absolute Gasteiger partial charge is 0.276 e. The lowest BCUT2D eigenvalue weighted by atomic mass is 10.1. The van der Waals surface area contributed by atoms with E-state index in [1.54, 1.807) is 55.6 Å². The number of carbonyl (C=O) groups is 1. The van der Waals surface area contributed by atoms with Crippen molar-refractivity contribution in [2.75, 3.05) is 12.4 Å². The fourth-order valence-electron chi connectivity index (χ4n) is 3.50. The number of rotatable bonds is 7. The Morgan fingerprint density at radius 1 is 0.939 bits per heavy atom. The maximum atomic E-state index is 13.1. The van der Waals surface area contributed by atoms with Crippen LogP contribution >= 0.6 is 0 Å². The topological polar surface area (TPSA) is 82.4 Å². The zero-order chi connectivity index (χ0) is 23.4. The van der Waals surface area contributed by atoms with Crippen LogP contribution < -0.4 is 20.3 Å². The van der Waals surface area contributed by atoms with Gasteiger partial charge in [-0.3, -0.25) is 9.59 Å². The highest BCUT2D eigenvalue weighted by Crippen LogP contribution is 2.31. The number of anilines is 1. The Morgan fingerprint density at radius 3 is 2.24 bits per heavy atom. The van der Waals surface area contributed by atoms with Crippen molar-refractivity contribution >= 4 is 22.4 Å². The molecule has 4 rings (SSSR count). The maximum Gasteiger partial charge on any atom is 0.276 e. The van der Waals surface area contributed by atoms with Crippen LogP contribution in [0.3, 0.4) is 0 Å². The molecule has 0 saturated carbocycles. The van der Waals surface area contributed by atoms with Crippen LogP contribution in [0.2, 0.25) is 0 Å². The summed E-state index contributed by atoms with van der Waals surface area (Å²) in [6.07, 6.45) is 0. The Balaban J connectivity index is 1.58. The van der Waals surface area contributed by atoms with Crippen LogP contribution in [0.5, 0.6) is 17.2 Å². The molecular formula is C26H25N3O4. The maximum absolute atomic E-state index is 13.1. The lowest BCUT2D eigenvalue weighted by Gasteiger charge is -2.13. The minimum absolute atomic E-state index is 0.200. The molecule has 1 aromatic heterocycles. The Morgan fingerprint density at radius 2 is 1.58 bits per heavy atom. The highest BCUT2D eigenvalue weighted by atomic mass is 16.5. The minimum atomic E-state index is -0.387. The van der Waals surface area contributed by atoms with Gasteiger partial charge in [-0.25, -0.2) is 4.68 Å². The van der Waals surface area contributed by atoms with Crippen LogP contribution in [0.25, 0.3) is 10.8 Å². The van der Waals surface area contributed by atoms with Crippen molar-refractivity contribution in [1.29, 1.82) is 0 Å². The first kappa shape index (κ1) is 22.1. The lowest BCUT2D eigenvalue weighted by Crippen LogP contribution is -2.29. The van der Waals surface area contributed by atoms with E-state index in [0.717, 1.165) is 0 Å². The van der Waals surface area contributed by atoms with Gasteiger partial charge in [-0.1, -0.05) is 44.2 Å². The monoisotopic (exact) mass is 443 g/mol. The number of benzene rings is 3. The predicted molar refractivity (Wildman–Crippen MR) is 128 cm³/mol. The van der Waals surface area contributed by atoms with Crippen LogP contribution in [-0.2, 0) is 6.54 Å². The molecule has 7 nitrogen and oxygen atoms in total. The first-order valence-electron chi connectivity index (χ1n) is 10.7. The van der Waals surface area contributed by atoms with Crippen LogP contribution in [0.1, 0.15) is 24.3 Å². The molecule has 3 aromatic carbocycles. The second-order valence-corrected chi connectivity index (χ2v) is 8.01. The van der Waals surface area contributed by atoms with Crippen LogP contribution in [0.15, 0.2) is 77.6 Å². The molecule has 0 aliphatic rings. The third-order valence-corrected chi connectivity index (χ3v) is 5.03. The van der Waals surface area contributed by atoms with Crippen LogP contribution in [0, 0.1) is 5.92 Å². The highest BCUT2D eigenvalue weighted by Gasteiger charge is 2.17. The summed E-state index contributed by atoms with van der Waals surface area (Å²) in [6, 6.07) is 21.4. The number of fused-ring (bicyclic) bond motifs is 1. The van der Waals surface area contributed by atoms with E-state index in [2.05, 4.69) is 10.4 Å². The van der Waals surface area contributed by atoms with E-state index in [-0.39, 0.29) is 23.1 Å². The standard InChI is InChI=1S/C26H25N3O4/c1-17(2)16-29-26(31)21-9-5-4-8-20(21)24(28-29)25(30)27-18-12-14-19(15-13-18)33-23-11-7-6-10-22(23)32-3/h4-15,17H,16H2,1-3H3,(H,27,30). The number of hydrogen-bond acceptors (Lipinski definition) is 5. The number of amides is 1. The van der Waals surface area contributed by atoms with Gasteiger partial charge in [0.15, 0.2) is 17.2 Å². The van der Waals surface area contributed by atoms with E-state index in [0.29, 0.717) is 40.3 Å². The van der Waals surface area contributed by atoms with Crippen LogP contribution in [-0.4, -0.2) is 22.8 Å². The number of nitrogens with zero attached hydrogens (tertiary/aromatic N) is 2. The summed E-state index contributed by atoms with van der Waals surface area (Å²) < 4.78 is 12.6. The summed E-state index contributed by atoms with van der Waals surface area (Å²) in [6.45, 7) is 4.42. The normalized spacial score (nSPS) is 10.9. The van der Waals surface area contributed by atoms with Gasteiger partial charge in [0.25, 0.3) is 11.5 Å². The van der Waals surface area contributed by atoms with Crippen molar-refractivity contribution in [2.24, 2.45) is 5.92 Å². The summed E-state index contributed by atoms with van der Waals surface area (Å²) in [5, 5.41) is 8.25. The molecule has 0 spiro atoms. The highest BCUT2D eigenvalue weighted by molar-refractivity contribution is 6.11. The first-order chi connectivity index (χ1) is 16.0. The van der Waals surface area contributed by atoms with Crippen molar-refractivity contribution in [3.8, 4) is 17.2 Å². The molecule has 0 aliphatic heterocycles. The summed E-state index contributed by atoms with van der Waals surface area (Å²) in [4.78, 5) is 25.9. The Labute approximate surface area is 191 Å². The van der Waals surface area contributed by atoms with E-state index in [1.165, 1.54) is 4.68 Å². The average molecular weight is 444 g/mol. The summed E-state index contributed by atoms with van der Waals surface area (Å²) in [7, 11) is 1.59. The number of nitrogens with one attached hydrogen (secondary N) is 1. The Hall–Kier alpha value is -4.13. The minimum Gasteiger partial charge on any atom is -0.493 e. The number of carbonyl (C=O) groups excluding carboxylic acids is 1. The van der Waals surface area contributed by atoms with E-state index < -0.39 is 0 Å². The number of ether oxygens (including phenoxy) is 2. The van der Waals surface area contributed by atoms with E-state index >= 15 is 0 Å². The van der Waals surface area contributed by atoms with E-state index in [9.17, 15) is 9.59 Å². The average Bonchev–Trinajstić information content (AvgIpc) is 2.82. The summed E-state index contributed by atoms with van der Waals surface area (Å²) in [5.74, 6) is 1.65. The Bertz CT molecular complexity index is 1340. The molecule has 33 heavy (non-hydrogen) atoms. The van der Waals surface area contributed by atoms with Crippen molar-refractivity contribution in [3.05, 3.63) is 88.8 Å². The number of aromatic nitrogens is 2. The zero-order valence-corrected chi connectivity index (χ0v) is 18.7. The molecule has 0 bridgehead atoms. The first-order valence-corrected chi connectivity index (χ1v) is 10.7. The number of methoxy groups -OCH3 is 1. The second kappa shape index (κ2) is 9.56. The molecule has 1 N–H and O–H groups in total. The van der Waals surface area contributed by atoms with Crippen LogP contribution in [0.4, 0.5) is 5.69 Å². The van der Waals surface area contributed by atoms with Crippen molar-refractivity contribution < 1.29 is 14.3 Å². The quantitative estimate of drug-likeness (QED) is 0.429. The SMILES string of the molecule is COc1ccccc1Oc1ccc(NC(=O)c2nn(CC(C)C)c(=O)c3ccccc23)cc1. The van der Waals surface area contributed by atoms with Gasteiger partial charge in [-0.15, -0.1) is 0 Å². The molecule has 0 atom stereocenters. The number of hydrogen-bond donors (Lipinski definition) is 1. The summed E-state index contributed by atoms with van der Waals surface area (Å²) >= 11 is 0. The summed E-state index contributed by atoms with van der Waals surface area (Å²) in [5.41, 5.74) is 0.591. The molecule has 0 radical (unpaired) electrons. The van der Waals surface area contributed by atoms with Gasteiger partial charge >= 0.3 is 0 Å². The molecule has 1 amide bonds. The molecule has 0 saturated heterocycles. The number of para-hydroxylation sites is 2. The fraction of sp³-hybridized carbons (Fsp3) is 0.192. The molecular weight excluding hydrogens is 418 g/mol. The zero-order valence-electron chi connectivity index (χ0n) is 18.7. The van der Waals surface area contributed by atoms with Gasteiger partial charge in [-0.2, -0.15) is 5.10 Å². The molecule has 0 unspecified atom stereocenters. The molecule has 168 valence electrons. The lowest BCUT2D eigenvalue weighted by molar-refractivity contribution is 0.102. The van der Waals surface area contributed by atoms with Crippen molar-refractivity contribution in [3.63, 3.8) is 0 Å². The van der Waals surface area contributed by atoms with Gasteiger partial charge in [0.05, 0.1) is 12.5 Å². The van der Waals surface area contributed by atoms with Crippen molar-refractivity contribution in [1.82, 2.24) is 9.78 Å². The molecule has 0 fully saturated rings. The third kappa shape index (κ3) is 4.87. The molecule has 4 aromatic rings. The van der Waals surface area contributed by atoms with Gasteiger partial charge in [0.1, 0.15) is 5.75 Å². The van der Waals surface area contributed by atoms with Gasteiger partial charge in [0, 0.05) is 17.6 Å². The van der Waals surface area contributed by atoms with Gasteiger partial charge in [-0.05, 0) is 48.4 Å². The molecule has 0 aliphatic carbocycles. The van der Waals surface area contributed by atoms with Gasteiger partial charge in [0.2, 0.25) is 0 Å². The van der Waals surface area contributed by atoms with Crippen molar-refractivity contribution in [2.45, 2.75) is 20.4 Å². The largest absolute Gasteiger partial charge is 0.493 e. The van der Waals surface area contributed by atoms with E-state index in [4.69, 9.17) is 9.47 Å². The predicted octanol–water partition coefficient (Wildman–Crippen LogP) is 5.11. The second-order valence-electron chi connectivity index (χ2n) is 8.01.